The van der Waals surface area contributed by atoms with Gasteiger partial charge in [0.2, 0.25) is 0 Å². The highest BCUT2D eigenvalue weighted by atomic mass is 14.7. The van der Waals surface area contributed by atoms with Gasteiger partial charge in [0.05, 0.1) is 5.52 Å². The first-order valence-electron chi connectivity index (χ1n) is 4.86. The van der Waals surface area contributed by atoms with Crippen LogP contribution in [0, 0.1) is 0 Å². The maximum absolute atomic E-state index is 5.49. The van der Waals surface area contributed by atoms with Crippen molar-refractivity contribution in [2.24, 2.45) is 5.73 Å². The number of pyridine rings is 1. The molecule has 0 unspecified atom stereocenters. The molecule has 2 aromatic rings. The van der Waals surface area contributed by atoms with Crippen LogP contribution < -0.4 is 11.2 Å². The highest BCUT2D eigenvalue weighted by Crippen LogP contribution is 2.10. The fourth-order valence-corrected chi connectivity index (χ4v) is 1.56. The normalized spacial score (nSPS) is 10.6. The highest BCUT2D eigenvalue weighted by molar-refractivity contribution is 6.33. The third kappa shape index (κ3) is 1.78. The van der Waals surface area contributed by atoms with Gasteiger partial charge in [-0.2, -0.15) is 0 Å². The minimum absolute atomic E-state index is 0.657. The lowest BCUT2D eigenvalue weighted by molar-refractivity contribution is 0.932. The molecule has 0 aliphatic heterocycles. The van der Waals surface area contributed by atoms with Crippen LogP contribution in [-0.2, 0) is 6.42 Å². The first-order valence-corrected chi connectivity index (χ1v) is 4.86. The average Bonchev–Trinajstić information content (AvgIpc) is 2.17. The summed E-state index contributed by atoms with van der Waals surface area (Å²) >= 11 is 0. The molecule has 0 amide bonds. The summed E-state index contributed by atoms with van der Waals surface area (Å²) in [5.41, 5.74) is 8.88. The number of rotatable bonds is 2. The van der Waals surface area contributed by atoms with Gasteiger partial charge in [0.25, 0.3) is 0 Å². The summed E-state index contributed by atoms with van der Waals surface area (Å²) in [5, 5.41) is 1.19. The van der Waals surface area contributed by atoms with Gasteiger partial charge in [0.1, 0.15) is 7.85 Å². The minimum Gasteiger partial charge on any atom is -0.330 e. The molecular weight excluding hydrogens is 171 g/mol. The monoisotopic (exact) mass is 184 g/mol. The molecule has 1 aromatic carbocycles. The fourth-order valence-electron chi connectivity index (χ4n) is 1.56. The molecule has 1 heterocycles. The van der Waals surface area contributed by atoms with Crippen molar-refractivity contribution >= 4 is 24.2 Å². The zero-order valence-electron chi connectivity index (χ0n) is 8.33. The van der Waals surface area contributed by atoms with Crippen molar-refractivity contribution in [3.05, 3.63) is 36.0 Å². The second-order valence-electron chi connectivity index (χ2n) is 3.54. The Kier molecular flexibility index (Phi) is 2.50. The summed E-state index contributed by atoms with van der Waals surface area (Å²) in [4.78, 5) is 4.55. The average molecular weight is 184 g/mol. The molecule has 2 rings (SSSR count). The van der Waals surface area contributed by atoms with E-state index in [1.807, 2.05) is 6.07 Å². The van der Waals surface area contributed by atoms with E-state index in [2.05, 4.69) is 37.1 Å². The van der Waals surface area contributed by atoms with E-state index < -0.39 is 0 Å². The van der Waals surface area contributed by atoms with Crippen LogP contribution >= 0.6 is 0 Å². The van der Waals surface area contributed by atoms with E-state index in [1.165, 1.54) is 10.8 Å². The van der Waals surface area contributed by atoms with Crippen LogP contribution in [0.5, 0.6) is 0 Å². The summed E-state index contributed by atoms with van der Waals surface area (Å²) < 4.78 is 0. The number of benzene rings is 1. The Morgan fingerprint density at radius 3 is 2.79 bits per heavy atom. The minimum atomic E-state index is 0.657. The predicted octanol–water partition coefficient (Wildman–Crippen LogP) is -0.00560. The Hall–Kier alpha value is -1.35. The Morgan fingerprint density at radius 1 is 1.21 bits per heavy atom. The molecule has 0 saturated carbocycles. The van der Waals surface area contributed by atoms with Crippen LogP contribution in [0.15, 0.2) is 30.3 Å². The molecule has 0 radical (unpaired) electrons. The molecule has 0 aliphatic rings. The van der Waals surface area contributed by atoms with Crippen molar-refractivity contribution in [2.45, 2.75) is 6.42 Å². The van der Waals surface area contributed by atoms with E-state index in [4.69, 9.17) is 5.73 Å². The molecule has 0 fully saturated rings. The van der Waals surface area contributed by atoms with E-state index in [9.17, 15) is 0 Å². The van der Waals surface area contributed by atoms with Crippen molar-refractivity contribution in [2.75, 3.05) is 6.54 Å². The zero-order valence-corrected chi connectivity index (χ0v) is 8.33. The lowest BCUT2D eigenvalue weighted by Crippen LogP contribution is -2.05. The summed E-state index contributed by atoms with van der Waals surface area (Å²) in [6, 6.07) is 10.5. The molecule has 0 bridgehead atoms. The van der Waals surface area contributed by atoms with Crippen LogP contribution in [0.2, 0.25) is 0 Å². The van der Waals surface area contributed by atoms with Crippen molar-refractivity contribution in [3.8, 4) is 0 Å². The summed E-state index contributed by atoms with van der Waals surface area (Å²) in [6.45, 7) is 0.657. The summed E-state index contributed by atoms with van der Waals surface area (Å²) in [6.07, 6.45) is 0.851. The molecule has 70 valence electrons. The largest absolute Gasteiger partial charge is 0.330 e. The van der Waals surface area contributed by atoms with E-state index >= 15 is 0 Å². The van der Waals surface area contributed by atoms with Crippen LogP contribution in [0.25, 0.3) is 10.9 Å². The van der Waals surface area contributed by atoms with E-state index in [0.29, 0.717) is 6.54 Å². The molecule has 14 heavy (non-hydrogen) atoms. The van der Waals surface area contributed by atoms with Gasteiger partial charge >= 0.3 is 0 Å². The molecule has 0 saturated heterocycles. The standard InChI is InChI=1S/C11H13BN2/c12-9-3-1-8-2-4-10(5-6-13)14-11(8)7-9/h1-4,7H,5-6,12-13H2. The lowest BCUT2D eigenvalue weighted by Gasteiger charge is -2.02. The van der Waals surface area contributed by atoms with E-state index in [-0.39, 0.29) is 0 Å². The quantitative estimate of drug-likeness (QED) is 0.667. The molecule has 3 heteroatoms. The van der Waals surface area contributed by atoms with Gasteiger partial charge in [-0.15, -0.1) is 0 Å². The molecular formula is C11H13BN2. The highest BCUT2D eigenvalue weighted by Gasteiger charge is 1.97. The number of nitrogens with two attached hydrogens (primary N) is 1. The Bertz CT molecular complexity index is 454. The third-order valence-electron chi connectivity index (χ3n) is 2.31. The lowest BCUT2D eigenvalue weighted by atomic mass is 9.95. The second-order valence-corrected chi connectivity index (χ2v) is 3.54. The summed E-state index contributed by atoms with van der Waals surface area (Å²) in [5.74, 6) is 0. The smallest absolute Gasteiger partial charge is 0.139 e. The van der Waals surface area contributed by atoms with Crippen LogP contribution in [-0.4, -0.2) is 19.4 Å². The van der Waals surface area contributed by atoms with Gasteiger partial charge in [-0.05, 0) is 18.7 Å². The molecule has 0 spiro atoms. The van der Waals surface area contributed by atoms with Gasteiger partial charge in [-0.1, -0.05) is 23.7 Å². The number of fused-ring (bicyclic) bond motifs is 1. The Morgan fingerprint density at radius 2 is 2.00 bits per heavy atom. The van der Waals surface area contributed by atoms with Gasteiger partial charge in [0.15, 0.2) is 0 Å². The SMILES string of the molecule is Bc1ccc2ccc(CCN)nc2c1. The van der Waals surface area contributed by atoms with Gasteiger partial charge in [-0.3, -0.25) is 4.98 Å². The topological polar surface area (TPSA) is 38.9 Å². The predicted molar refractivity (Wildman–Crippen MR) is 62.7 cm³/mol. The maximum atomic E-state index is 5.49. The maximum Gasteiger partial charge on any atom is 0.139 e. The molecule has 1 aromatic heterocycles. The first-order chi connectivity index (χ1) is 6.79. The number of hydrogen-bond donors (Lipinski definition) is 1. The Labute approximate surface area is 84.6 Å². The number of aromatic nitrogens is 1. The fraction of sp³-hybridized carbons (Fsp3) is 0.182. The number of hydrogen-bond acceptors (Lipinski definition) is 2. The van der Waals surface area contributed by atoms with E-state index in [0.717, 1.165) is 17.6 Å². The zero-order chi connectivity index (χ0) is 9.97. The van der Waals surface area contributed by atoms with Crippen molar-refractivity contribution < 1.29 is 0 Å². The molecule has 0 aliphatic carbocycles. The first kappa shape index (κ1) is 9.22. The van der Waals surface area contributed by atoms with Crippen molar-refractivity contribution in [1.29, 1.82) is 0 Å². The van der Waals surface area contributed by atoms with Gasteiger partial charge in [0, 0.05) is 17.5 Å². The van der Waals surface area contributed by atoms with Crippen LogP contribution in [0.1, 0.15) is 5.69 Å². The van der Waals surface area contributed by atoms with Crippen molar-refractivity contribution in [3.63, 3.8) is 0 Å². The second kappa shape index (κ2) is 3.80. The number of nitrogens with zero attached hydrogens (tertiary/aromatic N) is 1. The van der Waals surface area contributed by atoms with Crippen LogP contribution in [0.3, 0.4) is 0 Å². The van der Waals surface area contributed by atoms with Gasteiger partial charge in [-0.25, -0.2) is 0 Å². The van der Waals surface area contributed by atoms with E-state index in [1.54, 1.807) is 0 Å². The summed E-state index contributed by atoms with van der Waals surface area (Å²) in [7, 11) is 2.08. The molecule has 2 N–H and O–H groups in total. The third-order valence-corrected chi connectivity index (χ3v) is 2.31. The van der Waals surface area contributed by atoms with Crippen molar-refractivity contribution in [1.82, 2.24) is 4.98 Å². The van der Waals surface area contributed by atoms with Crippen LogP contribution in [0.4, 0.5) is 0 Å². The van der Waals surface area contributed by atoms with Gasteiger partial charge < -0.3 is 5.73 Å². The molecule has 0 atom stereocenters. The Balaban J connectivity index is 2.52. The molecule has 2 nitrogen and oxygen atoms in total.